The van der Waals surface area contributed by atoms with E-state index in [1.54, 1.807) is 14.2 Å². The highest BCUT2D eigenvalue weighted by molar-refractivity contribution is 5.42. The van der Waals surface area contributed by atoms with Crippen molar-refractivity contribution in [3.63, 3.8) is 0 Å². The number of nitrogens with two attached hydrogens (primary N) is 1. The van der Waals surface area contributed by atoms with Crippen LogP contribution in [0.3, 0.4) is 0 Å². The van der Waals surface area contributed by atoms with E-state index < -0.39 is 0 Å². The van der Waals surface area contributed by atoms with Gasteiger partial charge >= 0.3 is 0 Å². The summed E-state index contributed by atoms with van der Waals surface area (Å²) in [5, 5.41) is 0. The number of hydrogen-bond donors (Lipinski definition) is 1. The minimum Gasteiger partial charge on any atom is -0.497 e. The first kappa shape index (κ1) is 15.1. The Labute approximate surface area is 121 Å². The Balaban J connectivity index is 2.13. The molecule has 1 unspecified atom stereocenters. The van der Waals surface area contributed by atoms with Gasteiger partial charge in [0.25, 0.3) is 0 Å². The van der Waals surface area contributed by atoms with Gasteiger partial charge in [-0.3, -0.25) is 4.90 Å². The molecule has 0 amide bonds. The second-order valence-corrected chi connectivity index (χ2v) is 5.50. The van der Waals surface area contributed by atoms with Crippen molar-refractivity contribution in [1.82, 2.24) is 4.90 Å². The van der Waals surface area contributed by atoms with Gasteiger partial charge in [-0.05, 0) is 63.5 Å². The van der Waals surface area contributed by atoms with Crippen molar-refractivity contribution in [3.8, 4) is 11.5 Å². The molecule has 0 aliphatic carbocycles. The second kappa shape index (κ2) is 6.95. The molecule has 4 nitrogen and oxygen atoms in total. The zero-order chi connectivity index (χ0) is 14.5. The fourth-order valence-electron chi connectivity index (χ4n) is 2.94. The van der Waals surface area contributed by atoms with E-state index in [0.717, 1.165) is 31.1 Å². The first-order chi connectivity index (χ1) is 9.69. The molecule has 2 N–H and O–H groups in total. The Bertz CT molecular complexity index is 428. The van der Waals surface area contributed by atoms with E-state index in [9.17, 15) is 0 Å². The Kier molecular flexibility index (Phi) is 5.26. The van der Waals surface area contributed by atoms with Gasteiger partial charge in [0.2, 0.25) is 0 Å². The number of likely N-dealkylation sites (tertiary alicyclic amines) is 1. The fraction of sp³-hybridized carbons (Fsp3) is 0.625. The molecule has 112 valence electrons. The van der Waals surface area contributed by atoms with Crippen molar-refractivity contribution in [2.75, 3.05) is 33.9 Å². The van der Waals surface area contributed by atoms with Crippen LogP contribution in [0.15, 0.2) is 18.2 Å². The number of nitrogens with zero attached hydrogens (tertiary/aromatic N) is 1. The third-order valence-electron chi connectivity index (χ3n) is 4.42. The van der Waals surface area contributed by atoms with Gasteiger partial charge in [-0.15, -0.1) is 0 Å². The first-order valence-corrected chi connectivity index (χ1v) is 7.35. The summed E-state index contributed by atoms with van der Waals surface area (Å²) in [5.74, 6) is 2.49. The molecule has 1 aliphatic rings. The summed E-state index contributed by atoms with van der Waals surface area (Å²) >= 11 is 0. The molecular formula is C16H26N2O2. The van der Waals surface area contributed by atoms with Gasteiger partial charge in [-0.1, -0.05) is 0 Å². The standard InChI is InChI=1S/C16H26N2O2/c1-12(18-8-6-13(11-17)7-9-18)15-10-14(19-2)4-5-16(15)20-3/h4-5,10,12-13H,6-9,11,17H2,1-3H3. The molecular weight excluding hydrogens is 252 g/mol. The molecule has 0 aromatic heterocycles. The van der Waals surface area contributed by atoms with Crippen LogP contribution in [-0.4, -0.2) is 38.8 Å². The lowest BCUT2D eigenvalue weighted by atomic mass is 9.94. The van der Waals surface area contributed by atoms with E-state index >= 15 is 0 Å². The minimum atomic E-state index is 0.332. The SMILES string of the molecule is COc1ccc(OC)c(C(C)N2CCC(CN)CC2)c1. The summed E-state index contributed by atoms with van der Waals surface area (Å²) in [6.07, 6.45) is 2.38. The molecule has 4 heteroatoms. The summed E-state index contributed by atoms with van der Waals surface area (Å²) in [6.45, 7) is 5.25. The third kappa shape index (κ3) is 3.25. The average Bonchev–Trinajstić information content (AvgIpc) is 2.53. The zero-order valence-electron chi connectivity index (χ0n) is 12.8. The number of methoxy groups -OCH3 is 2. The van der Waals surface area contributed by atoms with Crippen LogP contribution in [0.2, 0.25) is 0 Å². The maximum Gasteiger partial charge on any atom is 0.123 e. The van der Waals surface area contributed by atoms with Gasteiger partial charge < -0.3 is 15.2 Å². The van der Waals surface area contributed by atoms with Crippen LogP contribution in [0.4, 0.5) is 0 Å². The van der Waals surface area contributed by atoms with E-state index in [0.29, 0.717) is 12.0 Å². The van der Waals surface area contributed by atoms with Crippen LogP contribution in [0, 0.1) is 5.92 Å². The van der Waals surface area contributed by atoms with Crippen LogP contribution in [-0.2, 0) is 0 Å². The van der Waals surface area contributed by atoms with Crippen molar-refractivity contribution in [2.45, 2.75) is 25.8 Å². The molecule has 0 radical (unpaired) electrons. The maximum absolute atomic E-state index is 5.76. The fourth-order valence-corrected chi connectivity index (χ4v) is 2.94. The van der Waals surface area contributed by atoms with E-state index in [1.807, 2.05) is 12.1 Å². The molecule has 1 fully saturated rings. The molecule has 1 aromatic carbocycles. The molecule has 0 spiro atoms. The first-order valence-electron chi connectivity index (χ1n) is 7.35. The van der Waals surface area contributed by atoms with Gasteiger partial charge in [0.1, 0.15) is 11.5 Å². The van der Waals surface area contributed by atoms with Gasteiger partial charge in [0, 0.05) is 11.6 Å². The molecule has 1 saturated heterocycles. The molecule has 0 saturated carbocycles. The monoisotopic (exact) mass is 278 g/mol. The summed E-state index contributed by atoms with van der Waals surface area (Å²) < 4.78 is 10.8. The van der Waals surface area contributed by atoms with Crippen LogP contribution >= 0.6 is 0 Å². The van der Waals surface area contributed by atoms with Crippen molar-refractivity contribution in [2.24, 2.45) is 11.7 Å². The normalized spacial score (nSPS) is 18.8. The lowest BCUT2D eigenvalue weighted by molar-refractivity contribution is 0.141. The molecule has 20 heavy (non-hydrogen) atoms. The quantitative estimate of drug-likeness (QED) is 0.898. The van der Waals surface area contributed by atoms with Gasteiger partial charge in [-0.25, -0.2) is 0 Å². The van der Waals surface area contributed by atoms with Crippen LogP contribution in [0.1, 0.15) is 31.4 Å². The Morgan fingerprint density at radius 1 is 1.25 bits per heavy atom. The highest BCUT2D eigenvalue weighted by Crippen LogP contribution is 2.34. The third-order valence-corrected chi connectivity index (χ3v) is 4.42. The average molecular weight is 278 g/mol. The van der Waals surface area contributed by atoms with Crippen LogP contribution < -0.4 is 15.2 Å². The largest absolute Gasteiger partial charge is 0.497 e. The van der Waals surface area contributed by atoms with Gasteiger partial charge in [-0.2, -0.15) is 0 Å². The smallest absolute Gasteiger partial charge is 0.123 e. The van der Waals surface area contributed by atoms with E-state index in [-0.39, 0.29) is 0 Å². The maximum atomic E-state index is 5.76. The molecule has 1 atom stereocenters. The van der Waals surface area contributed by atoms with Crippen LogP contribution in [0.25, 0.3) is 0 Å². The summed E-state index contributed by atoms with van der Waals surface area (Å²) in [7, 11) is 3.42. The lowest BCUT2D eigenvalue weighted by Gasteiger charge is -2.36. The molecule has 1 aliphatic heterocycles. The summed E-state index contributed by atoms with van der Waals surface area (Å²) in [5.41, 5.74) is 6.96. The number of benzene rings is 1. The number of hydrogen-bond acceptors (Lipinski definition) is 4. The van der Waals surface area contributed by atoms with Crippen molar-refractivity contribution >= 4 is 0 Å². The van der Waals surface area contributed by atoms with E-state index in [4.69, 9.17) is 15.2 Å². The minimum absolute atomic E-state index is 0.332. The number of rotatable bonds is 5. The molecule has 0 bridgehead atoms. The topological polar surface area (TPSA) is 47.7 Å². The van der Waals surface area contributed by atoms with E-state index in [1.165, 1.54) is 18.4 Å². The molecule has 1 aromatic rings. The van der Waals surface area contributed by atoms with E-state index in [2.05, 4.69) is 17.9 Å². The predicted octanol–water partition coefficient (Wildman–Crippen LogP) is 2.44. The predicted molar refractivity (Wildman–Crippen MR) is 81.3 cm³/mol. The molecule has 2 rings (SSSR count). The highest BCUT2D eigenvalue weighted by atomic mass is 16.5. The van der Waals surface area contributed by atoms with Crippen molar-refractivity contribution < 1.29 is 9.47 Å². The Morgan fingerprint density at radius 3 is 2.50 bits per heavy atom. The second-order valence-electron chi connectivity index (χ2n) is 5.50. The van der Waals surface area contributed by atoms with Crippen LogP contribution in [0.5, 0.6) is 11.5 Å². The Hall–Kier alpha value is -1.26. The summed E-state index contributed by atoms with van der Waals surface area (Å²) in [4.78, 5) is 2.50. The lowest BCUT2D eigenvalue weighted by Crippen LogP contribution is -2.37. The van der Waals surface area contributed by atoms with Crippen molar-refractivity contribution in [3.05, 3.63) is 23.8 Å². The van der Waals surface area contributed by atoms with Crippen molar-refractivity contribution in [1.29, 1.82) is 0 Å². The molecule has 1 heterocycles. The van der Waals surface area contributed by atoms with Gasteiger partial charge in [0.15, 0.2) is 0 Å². The zero-order valence-corrected chi connectivity index (χ0v) is 12.8. The Morgan fingerprint density at radius 2 is 1.95 bits per heavy atom. The van der Waals surface area contributed by atoms with Gasteiger partial charge in [0.05, 0.1) is 14.2 Å². The number of piperidine rings is 1. The number of ether oxygens (including phenoxy) is 2. The highest BCUT2D eigenvalue weighted by Gasteiger charge is 2.24. The summed E-state index contributed by atoms with van der Waals surface area (Å²) in [6, 6.07) is 6.34.